The minimum absolute atomic E-state index is 0.00105. The molecule has 0 saturated carbocycles. The van der Waals surface area contributed by atoms with Gasteiger partial charge in [0.25, 0.3) is 5.56 Å². The average molecular weight is 458 g/mol. The van der Waals surface area contributed by atoms with Gasteiger partial charge in [-0.1, -0.05) is 54.2 Å². The highest BCUT2D eigenvalue weighted by Crippen LogP contribution is 2.30. The Hall–Kier alpha value is -3.58. The van der Waals surface area contributed by atoms with Crippen LogP contribution in [0.1, 0.15) is 12.0 Å². The zero-order valence-corrected chi connectivity index (χ0v) is 19.0. The highest BCUT2D eigenvalue weighted by Gasteiger charge is 2.23. The second-order valence-corrected chi connectivity index (χ2v) is 8.73. The van der Waals surface area contributed by atoms with E-state index in [0.29, 0.717) is 34.0 Å². The van der Waals surface area contributed by atoms with E-state index in [4.69, 9.17) is 9.72 Å². The molecule has 0 atom stereocenters. The molecule has 0 saturated heterocycles. The first-order valence-electron chi connectivity index (χ1n) is 10.8. The van der Waals surface area contributed by atoms with Crippen LogP contribution >= 0.6 is 11.8 Å². The van der Waals surface area contributed by atoms with E-state index in [1.54, 1.807) is 23.8 Å². The molecule has 1 aliphatic rings. The minimum atomic E-state index is -0.191. The van der Waals surface area contributed by atoms with E-state index in [2.05, 4.69) is 6.07 Å². The first-order chi connectivity index (χ1) is 16.2. The Balaban J connectivity index is 1.53. The number of rotatable bonds is 5. The van der Waals surface area contributed by atoms with Crippen molar-refractivity contribution in [1.29, 1.82) is 0 Å². The summed E-state index contributed by atoms with van der Waals surface area (Å²) in [7, 11) is 1.57. The number of ether oxygens (including phenoxy) is 1. The fourth-order valence-corrected chi connectivity index (χ4v) is 5.11. The molecule has 0 unspecified atom stereocenters. The molecular weight excluding hydrogens is 434 g/mol. The van der Waals surface area contributed by atoms with Gasteiger partial charge in [0.15, 0.2) is 5.16 Å². The fraction of sp³-hybridized carbons (Fsp3) is 0.192. The monoisotopic (exact) mass is 457 g/mol. The zero-order chi connectivity index (χ0) is 22.8. The highest BCUT2D eigenvalue weighted by molar-refractivity contribution is 7.99. The van der Waals surface area contributed by atoms with Gasteiger partial charge in [-0.15, -0.1) is 0 Å². The van der Waals surface area contributed by atoms with E-state index in [-0.39, 0.29) is 17.2 Å². The number of carbonyl (C=O) groups is 1. The number of amides is 1. The summed E-state index contributed by atoms with van der Waals surface area (Å²) in [6.45, 7) is 0.695. The maximum atomic E-state index is 13.5. The first-order valence-corrected chi connectivity index (χ1v) is 11.8. The van der Waals surface area contributed by atoms with Gasteiger partial charge in [-0.2, -0.15) is 0 Å². The van der Waals surface area contributed by atoms with Crippen LogP contribution in [0.15, 0.2) is 82.7 Å². The summed E-state index contributed by atoms with van der Waals surface area (Å²) in [5.74, 6) is 0.741. The van der Waals surface area contributed by atoms with Gasteiger partial charge in [0.1, 0.15) is 5.75 Å². The lowest BCUT2D eigenvalue weighted by Gasteiger charge is -2.29. The van der Waals surface area contributed by atoms with E-state index >= 15 is 0 Å². The summed E-state index contributed by atoms with van der Waals surface area (Å²) in [5, 5.41) is 0.978. The molecule has 6 nitrogen and oxygen atoms in total. The van der Waals surface area contributed by atoms with Crippen LogP contribution in [-0.4, -0.2) is 34.9 Å². The molecule has 33 heavy (non-hydrogen) atoms. The van der Waals surface area contributed by atoms with E-state index in [1.807, 2.05) is 59.5 Å². The summed E-state index contributed by atoms with van der Waals surface area (Å²) in [5.41, 5.74) is 3.18. The van der Waals surface area contributed by atoms with Crippen LogP contribution in [0.3, 0.4) is 0 Å². The lowest BCUT2D eigenvalue weighted by molar-refractivity contribution is -0.116. The van der Waals surface area contributed by atoms with Gasteiger partial charge in [0, 0.05) is 12.2 Å². The van der Waals surface area contributed by atoms with Gasteiger partial charge in [0.2, 0.25) is 5.91 Å². The molecule has 4 aromatic rings. The van der Waals surface area contributed by atoms with Crippen molar-refractivity contribution in [3.8, 4) is 11.4 Å². The lowest BCUT2D eigenvalue weighted by atomic mass is 10.0. The molecule has 0 spiro atoms. The van der Waals surface area contributed by atoms with E-state index in [9.17, 15) is 9.59 Å². The Labute approximate surface area is 195 Å². The van der Waals surface area contributed by atoms with Crippen LogP contribution in [0, 0.1) is 0 Å². The molecule has 0 bridgehead atoms. The second kappa shape index (κ2) is 9.11. The summed E-state index contributed by atoms with van der Waals surface area (Å²) >= 11 is 1.27. The van der Waals surface area contributed by atoms with Crippen molar-refractivity contribution in [3.63, 3.8) is 0 Å². The molecule has 0 N–H and O–H groups in total. The minimum Gasteiger partial charge on any atom is -0.495 e. The molecule has 0 radical (unpaired) electrons. The number of thioether (sulfide) groups is 1. The third-order valence-corrected chi connectivity index (χ3v) is 6.73. The van der Waals surface area contributed by atoms with Crippen LogP contribution < -0.4 is 15.2 Å². The first kappa shape index (κ1) is 21.3. The second-order valence-electron chi connectivity index (χ2n) is 7.79. The number of anilines is 1. The van der Waals surface area contributed by atoms with Gasteiger partial charge in [-0.3, -0.25) is 14.2 Å². The predicted octanol–water partition coefficient (Wildman–Crippen LogP) is 4.47. The SMILES string of the molecule is COc1ccccc1-n1c(SCC(=O)N2CCCc3ccccc32)nc2ccccc2c1=O. The van der Waals surface area contributed by atoms with Gasteiger partial charge in [-0.25, -0.2) is 4.98 Å². The molecule has 1 amide bonds. The normalized spacial score (nSPS) is 13.1. The fourth-order valence-electron chi connectivity index (χ4n) is 4.23. The third-order valence-electron chi connectivity index (χ3n) is 5.81. The Morgan fingerprint density at radius 1 is 1.00 bits per heavy atom. The maximum Gasteiger partial charge on any atom is 0.266 e. The Kier molecular flexibility index (Phi) is 5.88. The van der Waals surface area contributed by atoms with Crippen LogP contribution in [0.2, 0.25) is 0 Å². The number of para-hydroxylation sites is 4. The Morgan fingerprint density at radius 3 is 2.58 bits per heavy atom. The molecule has 3 aromatic carbocycles. The van der Waals surface area contributed by atoms with Crippen molar-refractivity contribution in [2.24, 2.45) is 0 Å². The number of hydrogen-bond donors (Lipinski definition) is 0. The Bertz CT molecular complexity index is 1400. The number of methoxy groups -OCH3 is 1. The van der Waals surface area contributed by atoms with E-state index in [1.165, 1.54) is 17.3 Å². The summed E-state index contributed by atoms with van der Waals surface area (Å²) in [4.78, 5) is 33.3. The summed E-state index contributed by atoms with van der Waals surface area (Å²) in [6.07, 6.45) is 1.92. The van der Waals surface area contributed by atoms with E-state index in [0.717, 1.165) is 18.5 Å². The van der Waals surface area contributed by atoms with Gasteiger partial charge >= 0.3 is 0 Å². The number of benzene rings is 3. The van der Waals surface area contributed by atoms with Gasteiger partial charge < -0.3 is 9.64 Å². The van der Waals surface area contributed by atoms with Crippen LogP contribution in [-0.2, 0) is 11.2 Å². The molecular formula is C26H23N3O3S. The highest BCUT2D eigenvalue weighted by atomic mass is 32.2. The predicted molar refractivity (Wildman–Crippen MR) is 132 cm³/mol. The van der Waals surface area contributed by atoms with Crippen molar-refractivity contribution in [2.75, 3.05) is 24.3 Å². The molecule has 2 heterocycles. The summed E-state index contributed by atoms with van der Waals surface area (Å²) < 4.78 is 7.05. The van der Waals surface area contributed by atoms with Gasteiger partial charge in [0.05, 0.1) is 29.5 Å². The van der Waals surface area contributed by atoms with Crippen LogP contribution in [0.5, 0.6) is 5.75 Å². The largest absolute Gasteiger partial charge is 0.495 e. The van der Waals surface area contributed by atoms with Crippen molar-refractivity contribution >= 4 is 34.3 Å². The molecule has 1 aromatic heterocycles. The third kappa shape index (κ3) is 4.00. The molecule has 0 aliphatic carbocycles. The van der Waals surface area contributed by atoms with Crippen molar-refractivity contribution in [1.82, 2.24) is 9.55 Å². The molecule has 0 fully saturated rings. The van der Waals surface area contributed by atoms with Crippen LogP contribution in [0.4, 0.5) is 5.69 Å². The van der Waals surface area contributed by atoms with Crippen molar-refractivity contribution in [3.05, 3.63) is 88.7 Å². The quantitative estimate of drug-likeness (QED) is 0.327. The number of fused-ring (bicyclic) bond motifs is 2. The summed E-state index contributed by atoms with van der Waals surface area (Å²) in [6, 6.07) is 22.6. The molecule has 7 heteroatoms. The number of nitrogens with zero attached hydrogens (tertiary/aromatic N) is 3. The number of aryl methyl sites for hydroxylation is 1. The lowest BCUT2D eigenvalue weighted by Crippen LogP contribution is -2.36. The smallest absolute Gasteiger partial charge is 0.266 e. The topological polar surface area (TPSA) is 64.4 Å². The van der Waals surface area contributed by atoms with Crippen molar-refractivity contribution in [2.45, 2.75) is 18.0 Å². The number of hydrogen-bond acceptors (Lipinski definition) is 5. The van der Waals surface area contributed by atoms with Crippen molar-refractivity contribution < 1.29 is 9.53 Å². The number of carbonyl (C=O) groups excluding carboxylic acids is 1. The molecule has 1 aliphatic heterocycles. The maximum absolute atomic E-state index is 13.5. The molecule has 5 rings (SSSR count). The standard InChI is InChI=1S/C26H23N3O3S/c1-32-23-15-7-6-14-22(23)29-25(31)19-11-3-4-12-20(19)27-26(29)33-17-24(30)28-16-8-10-18-9-2-5-13-21(18)28/h2-7,9,11-15H,8,10,16-17H2,1H3. The van der Waals surface area contributed by atoms with Gasteiger partial charge in [-0.05, 0) is 48.7 Å². The van der Waals surface area contributed by atoms with Crippen LogP contribution in [0.25, 0.3) is 16.6 Å². The zero-order valence-electron chi connectivity index (χ0n) is 18.2. The molecule has 166 valence electrons. The average Bonchev–Trinajstić information content (AvgIpc) is 2.87. The number of aromatic nitrogens is 2. The Morgan fingerprint density at radius 2 is 1.73 bits per heavy atom. The van der Waals surface area contributed by atoms with E-state index < -0.39 is 0 Å².